The molecule has 1 fully saturated rings. The van der Waals surface area contributed by atoms with Crippen molar-refractivity contribution in [3.8, 4) is 0 Å². The summed E-state index contributed by atoms with van der Waals surface area (Å²) in [6.45, 7) is 6.55. The molecule has 0 bridgehead atoms. The lowest BCUT2D eigenvalue weighted by Crippen LogP contribution is -2.23. The van der Waals surface area contributed by atoms with Crippen molar-refractivity contribution in [1.82, 2.24) is 14.8 Å². The monoisotopic (exact) mass is 165 g/mol. The first-order valence-corrected chi connectivity index (χ1v) is 4.49. The van der Waals surface area contributed by atoms with Gasteiger partial charge in [0.25, 0.3) is 0 Å². The van der Waals surface area contributed by atoms with Crippen molar-refractivity contribution in [3.63, 3.8) is 0 Å². The van der Waals surface area contributed by atoms with Crippen LogP contribution in [0.25, 0.3) is 0 Å². The third-order valence-electron chi connectivity index (χ3n) is 2.24. The van der Waals surface area contributed by atoms with Gasteiger partial charge in [-0.25, -0.2) is 0 Å². The summed E-state index contributed by atoms with van der Waals surface area (Å²) in [4.78, 5) is 0. The van der Waals surface area contributed by atoms with E-state index in [1.165, 1.54) is 18.7 Å². The molecule has 0 aliphatic heterocycles. The van der Waals surface area contributed by atoms with Gasteiger partial charge in [-0.3, -0.25) is 0 Å². The van der Waals surface area contributed by atoms with E-state index in [0.29, 0.717) is 5.92 Å². The Bertz CT molecular complexity index is 278. The zero-order valence-electron chi connectivity index (χ0n) is 7.91. The first kappa shape index (κ1) is 7.77. The molecule has 2 rings (SSSR count). The second kappa shape index (κ2) is 2.31. The standard InChI is InChI=1S/C9H15N3/c1-9(2,3)12-6-10-11-8(12)7-4-5-7/h6-7H,4-5H2,1-3H3. The minimum atomic E-state index is 0.126. The van der Waals surface area contributed by atoms with E-state index in [0.717, 1.165) is 0 Å². The van der Waals surface area contributed by atoms with Crippen molar-refractivity contribution in [2.75, 3.05) is 0 Å². The molecule has 0 radical (unpaired) electrons. The van der Waals surface area contributed by atoms with E-state index in [1.807, 2.05) is 6.33 Å². The highest BCUT2D eigenvalue weighted by Crippen LogP contribution is 2.39. The molecule has 0 aromatic carbocycles. The predicted octanol–water partition coefficient (Wildman–Crippen LogP) is 1.91. The fourth-order valence-electron chi connectivity index (χ4n) is 1.38. The molecule has 1 saturated carbocycles. The number of rotatable bonds is 1. The van der Waals surface area contributed by atoms with E-state index < -0.39 is 0 Å². The lowest BCUT2D eigenvalue weighted by molar-refractivity contribution is 0.382. The van der Waals surface area contributed by atoms with Crippen LogP contribution in [0.2, 0.25) is 0 Å². The summed E-state index contributed by atoms with van der Waals surface area (Å²) in [5, 5.41) is 8.12. The van der Waals surface area contributed by atoms with E-state index in [9.17, 15) is 0 Å². The van der Waals surface area contributed by atoms with Gasteiger partial charge in [-0.05, 0) is 33.6 Å². The van der Waals surface area contributed by atoms with Gasteiger partial charge in [0.2, 0.25) is 0 Å². The highest BCUT2D eigenvalue weighted by molar-refractivity contribution is 5.06. The van der Waals surface area contributed by atoms with Crippen LogP contribution in [0.1, 0.15) is 45.4 Å². The highest BCUT2D eigenvalue weighted by Gasteiger charge is 2.31. The molecule has 1 aliphatic rings. The van der Waals surface area contributed by atoms with Gasteiger partial charge >= 0.3 is 0 Å². The van der Waals surface area contributed by atoms with Crippen molar-refractivity contribution in [3.05, 3.63) is 12.2 Å². The zero-order valence-corrected chi connectivity index (χ0v) is 7.91. The number of hydrogen-bond donors (Lipinski definition) is 0. The average molecular weight is 165 g/mol. The third kappa shape index (κ3) is 1.24. The van der Waals surface area contributed by atoms with E-state index in [4.69, 9.17) is 0 Å². The molecular formula is C9H15N3. The van der Waals surface area contributed by atoms with E-state index in [-0.39, 0.29) is 5.54 Å². The molecule has 3 heteroatoms. The van der Waals surface area contributed by atoms with Crippen LogP contribution in [-0.2, 0) is 5.54 Å². The molecule has 3 nitrogen and oxygen atoms in total. The largest absolute Gasteiger partial charge is 0.312 e. The third-order valence-corrected chi connectivity index (χ3v) is 2.24. The van der Waals surface area contributed by atoms with Crippen molar-refractivity contribution < 1.29 is 0 Å². The normalized spacial score (nSPS) is 18.2. The lowest BCUT2D eigenvalue weighted by Gasteiger charge is -2.22. The molecule has 1 aromatic rings. The number of hydrogen-bond acceptors (Lipinski definition) is 2. The minimum Gasteiger partial charge on any atom is -0.312 e. The summed E-state index contributed by atoms with van der Waals surface area (Å²) < 4.78 is 2.19. The van der Waals surface area contributed by atoms with Crippen LogP contribution in [0.15, 0.2) is 6.33 Å². The topological polar surface area (TPSA) is 30.7 Å². The Hall–Kier alpha value is -0.860. The Kier molecular flexibility index (Phi) is 1.50. The maximum Gasteiger partial charge on any atom is 0.136 e. The molecule has 0 spiro atoms. The van der Waals surface area contributed by atoms with Crippen LogP contribution in [0.4, 0.5) is 0 Å². The molecular weight excluding hydrogens is 150 g/mol. The predicted molar refractivity (Wildman–Crippen MR) is 47.0 cm³/mol. The molecule has 0 atom stereocenters. The summed E-state index contributed by atoms with van der Waals surface area (Å²) >= 11 is 0. The molecule has 0 saturated heterocycles. The van der Waals surface area contributed by atoms with Crippen molar-refractivity contribution in [2.45, 2.75) is 45.1 Å². The number of aromatic nitrogens is 3. The van der Waals surface area contributed by atoms with Crippen LogP contribution in [0, 0.1) is 0 Å². The SMILES string of the molecule is CC(C)(C)n1cnnc1C1CC1. The molecule has 1 aliphatic carbocycles. The van der Waals surface area contributed by atoms with Crippen LogP contribution >= 0.6 is 0 Å². The summed E-state index contributed by atoms with van der Waals surface area (Å²) in [6, 6.07) is 0. The van der Waals surface area contributed by atoms with Crippen LogP contribution in [0.5, 0.6) is 0 Å². The molecule has 1 heterocycles. The second-order valence-electron chi connectivity index (χ2n) is 4.50. The Morgan fingerprint density at radius 1 is 1.42 bits per heavy atom. The van der Waals surface area contributed by atoms with Gasteiger partial charge < -0.3 is 4.57 Å². The van der Waals surface area contributed by atoms with Crippen molar-refractivity contribution in [2.24, 2.45) is 0 Å². The quantitative estimate of drug-likeness (QED) is 0.636. The molecule has 0 unspecified atom stereocenters. The Morgan fingerprint density at radius 3 is 2.58 bits per heavy atom. The zero-order chi connectivity index (χ0) is 8.77. The summed E-state index contributed by atoms with van der Waals surface area (Å²) in [6.07, 6.45) is 4.41. The summed E-state index contributed by atoms with van der Waals surface area (Å²) in [5.41, 5.74) is 0.126. The van der Waals surface area contributed by atoms with Crippen molar-refractivity contribution >= 4 is 0 Å². The fourth-order valence-corrected chi connectivity index (χ4v) is 1.38. The van der Waals surface area contributed by atoms with E-state index in [1.54, 1.807) is 0 Å². The average Bonchev–Trinajstić information content (AvgIpc) is 2.65. The molecule has 12 heavy (non-hydrogen) atoms. The Morgan fingerprint density at radius 2 is 2.08 bits per heavy atom. The Balaban J connectivity index is 2.36. The molecule has 0 amide bonds. The van der Waals surface area contributed by atoms with Crippen molar-refractivity contribution in [1.29, 1.82) is 0 Å². The van der Waals surface area contributed by atoms with Gasteiger partial charge in [0.1, 0.15) is 12.2 Å². The summed E-state index contributed by atoms with van der Waals surface area (Å²) in [5.74, 6) is 1.86. The molecule has 1 aromatic heterocycles. The highest BCUT2D eigenvalue weighted by atomic mass is 15.3. The number of nitrogens with zero attached hydrogens (tertiary/aromatic N) is 3. The molecule has 0 N–H and O–H groups in total. The van der Waals surface area contributed by atoms with E-state index >= 15 is 0 Å². The Labute approximate surface area is 72.8 Å². The van der Waals surface area contributed by atoms with Gasteiger partial charge in [-0.15, -0.1) is 10.2 Å². The van der Waals surface area contributed by atoms with E-state index in [2.05, 4.69) is 35.5 Å². The summed E-state index contributed by atoms with van der Waals surface area (Å²) in [7, 11) is 0. The first-order chi connectivity index (χ1) is 5.59. The molecule has 66 valence electrons. The van der Waals surface area contributed by atoms with Crippen LogP contribution in [0.3, 0.4) is 0 Å². The van der Waals surface area contributed by atoms with Gasteiger partial charge in [0.15, 0.2) is 0 Å². The maximum absolute atomic E-state index is 4.16. The smallest absolute Gasteiger partial charge is 0.136 e. The lowest BCUT2D eigenvalue weighted by atomic mass is 10.1. The van der Waals surface area contributed by atoms with Gasteiger partial charge in [0.05, 0.1) is 0 Å². The van der Waals surface area contributed by atoms with Crippen LogP contribution < -0.4 is 0 Å². The van der Waals surface area contributed by atoms with Gasteiger partial charge in [-0.2, -0.15) is 0 Å². The van der Waals surface area contributed by atoms with Crippen LogP contribution in [-0.4, -0.2) is 14.8 Å². The first-order valence-electron chi connectivity index (χ1n) is 4.49. The maximum atomic E-state index is 4.16. The minimum absolute atomic E-state index is 0.126. The van der Waals surface area contributed by atoms with Gasteiger partial charge in [0, 0.05) is 11.5 Å². The van der Waals surface area contributed by atoms with Gasteiger partial charge in [-0.1, -0.05) is 0 Å². The second-order valence-corrected chi connectivity index (χ2v) is 4.50. The fraction of sp³-hybridized carbons (Fsp3) is 0.778.